The lowest BCUT2D eigenvalue weighted by Crippen LogP contribution is -2.46. The Morgan fingerprint density at radius 3 is 2.71 bits per heavy atom. The van der Waals surface area contributed by atoms with Gasteiger partial charge in [0, 0.05) is 32.8 Å². The third kappa shape index (κ3) is 2.53. The molecule has 0 bridgehead atoms. The Hall–Kier alpha value is -1.88. The summed E-state index contributed by atoms with van der Waals surface area (Å²) < 4.78 is 7.47. The summed E-state index contributed by atoms with van der Waals surface area (Å²) in [6.45, 7) is 3.58. The van der Waals surface area contributed by atoms with Crippen LogP contribution in [-0.2, 0) is 11.8 Å². The van der Waals surface area contributed by atoms with Gasteiger partial charge in [-0.2, -0.15) is 0 Å². The molecule has 0 atom stereocenters. The Balaban J connectivity index is 1.78. The molecule has 1 aromatic carbocycles. The van der Waals surface area contributed by atoms with Gasteiger partial charge < -0.3 is 14.2 Å². The fourth-order valence-corrected chi connectivity index (χ4v) is 2.84. The van der Waals surface area contributed by atoms with Crippen LogP contribution < -0.4 is 0 Å². The fraction of sp³-hybridized carbons (Fsp3) is 0.500. The van der Waals surface area contributed by atoms with Crippen LogP contribution in [0, 0.1) is 0 Å². The molecule has 0 unspecified atom stereocenters. The SMILES string of the molecule is COC1(C)CCN(C(=O)c2ccc3c(c2)ncn3C)CC1. The third-order valence-electron chi connectivity index (χ3n) is 4.57. The predicted molar refractivity (Wildman–Crippen MR) is 81.3 cm³/mol. The normalized spacial score (nSPS) is 18.1. The summed E-state index contributed by atoms with van der Waals surface area (Å²) in [6.07, 6.45) is 3.52. The van der Waals surface area contributed by atoms with Crippen LogP contribution in [0.4, 0.5) is 0 Å². The number of amides is 1. The van der Waals surface area contributed by atoms with Gasteiger partial charge in [-0.3, -0.25) is 4.79 Å². The third-order valence-corrected chi connectivity index (χ3v) is 4.57. The fourth-order valence-electron chi connectivity index (χ4n) is 2.84. The number of piperidine rings is 1. The Labute approximate surface area is 124 Å². The van der Waals surface area contributed by atoms with E-state index in [1.54, 1.807) is 13.4 Å². The molecule has 2 heterocycles. The van der Waals surface area contributed by atoms with Gasteiger partial charge in [-0.15, -0.1) is 0 Å². The minimum absolute atomic E-state index is 0.0840. The van der Waals surface area contributed by atoms with E-state index in [-0.39, 0.29) is 11.5 Å². The van der Waals surface area contributed by atoms with Crippen molar-refractivity contribution in [2.75, 3.05) is 20.2 Å². The molecule has 2 aromatic rings. The average molecular weight is 287 g/mol. The first-order chi connectivity index (χ1) is 10.0. The van der Waals surface area contributed by atoms with Gasteiger partial charge in [-0.05, 0) is 38.0 Å². The first kappa shape index (κ1) is 14.1. The summed E-state index contributed by atoms with van der Waals surface area (Å²) in [5.41, 5.74) is 2.52. The molecule has 0 radical (unpaired) electrons. The minimum Gasteiger partial charge on any atom is -0.378 e. The number of nitrogens with zero attached hydrogens (tertiary/aromatic N) is 3. The van der Waals surface area contributed by atoms with E-state index in [9.17, 15) is 4.79 Å². The molecule has 1 fully saturated rings. The number of aryl methyl sites for hydroxylation is 1. The molecule has 112 valence electrons. The lowest BCUT2D eigenvalue weighted by atomic mass is 9.93. The van der Waals surface area contributed by atoms with Crippen molar-refractivity contribution in [3.63, 3.8) is 0 Å². The maximum atomic E-state index is 12.6. The molecule has 21 heavy (non-hydrogen) atoms. The van der Waals surface area contributed by atoms with Crippen LogP contribution in [0.25, 0.3) is 11.0 Å². The minimum atomic E-state index is -0.0955. The van der Waals surface area contributed by atoms with E-state index in [0.717, 1.165) is 37.0 Å². The summed E-state index contributed by atoms with van der Waals surface area (Å²) in [5, 5.41) is 0. The summed E-state index contributed by atoms with van der Waals surface area (Å²) in [7, 11) is 3.69. The van der Waals surface area contributed by atoms with Crippen LogP contribution in [0.15, 0.2) is 24.5 Å². The van der Waals surface area contributed by atoms with E-state index >= 15 is 0 Å². The number of likely N-dealkylation sites (tertiary alicyclic amines) is 1. The molecule has 0 spiro atoms. The zero-order chi connectivity index (χ0) is 15.0. The van der Waals surface area contributed by atoms with Crippen molar-refractivity contribution in [1.82, 2.24) is 14.5 Å². The first-order valence-corrected chi connectivity index (χ1v) is 7.28. The molecule has 0 N–H and O–H groups in total. The topological polar surface area (TPSA) is 47.4 Å². The summed E-state index contributed by atoms with van der Waals surface area (Å²) in [4.78, 5) is 18.8. The quantitative estimate of drug-likeness (QED) is 0.851. The van der Waals surface area contributed by atoms with Gasteiger partial charge in [-0.1, -0.05) is 0 Å². The van der Waals surface area contributed by atoms with Crippen LogP contribution >= 0.6 is 0 Å². The Bertz CT molecular complexity index is 669. The van der Waals surface area contributed by atoms with Crippen molar-refractivity contribution in [3.8, 4) is 0 Å². The summed E-state index contributed by atoms with van der Waals surface area (Å²) in [5.74, 6) is 0.0840. The molecule has 1 amide bonds. The van der Waals surface area contributed by atoms with Crippen LogP contribution in [0.2, 0.25) is 0 Å². The van der Waals surface area contributed by atoms with E-state index < -0.39 is 0 Å². The highest BCUT2D eigenvalue weighted by atomic mass is 16.5. The number of carbonyl (C=O) groups is 1. The number of aromatic nitrogens is 2. The van der Waals surface area contributed by atoms with Crippen LogP contribution in [0.3, 0.4) is 0 Å². The Morgan fingerprint density at radius 1 is 1.33 bits per heavy atom. The highest BCUT2D eigenvalue weighted by Crippen LogP contribution is 2.26. The molecule has 0 saturated carbocycles. The molecule has 1 aliphatic heterocycles. The zero-order valence-electron chi connectivity index (χ0n) is 12.8. The number of benzene rings is 1. The van der Waals surface area contributed by atoms with Gasteiger partial charge in [-0.25, -0.2) is 4.98 Å². The standard InChI is InChI=1S/C16H21N3O2/c1-16(21-3)6-8-19(9-7-16)15(20)12-4-5-14-13(10-12)17-11-18(14)2/h4-5,10-11H,6-9H2,1-3H3. The van der Waals surface area contributed by atoms with Crippen LogP contribution in [0.1, 0.15) is 30.1 Å². The predicted octanol–water partition coefficient (Wildman–Crippen LogP) is 2.21. The maximum absolute atomic E-state index is 12.6. The zero-order valence-corrected chi connectivity index (χ0v) is 12.8. The number of rotatable bonds is 2. The summed E-state index contributed by atoms with van der Waals surface area (Å²) in [6, 6.07) is 5.72. The molecule has 1 aliphatic rings. The number of fused-ring (bicyclic) bond motifs is 1. The molecular weight excluding hydrogens is 266 g/mol. The molecule has 3 rings (SSSR count). The van der Waals surface area contributed by atoms with Gasteiger partial charge >= 0.3 is 0 Å². The lowest BCUT2D eigenvalue weighted by molar-refractivity contribution is -0.0379. The highest BCUT2D eigenvalue weighted by Gasteiger charge is 2.31. The van der Waals surface area contributed by atoms with Gasteiger partial charge in [0.2, 0.25) is 0 Å². The number of ether oxygens (including phenoxy) is 1. The Kier molecular flexibility index (Phi) is 3.45. The number of carbonyl (C=O) groups excluding carboxylic acids is 1. The average Bonchev–Trinajstić information content (AvgIpc) is 2.88. The number of imidazole rings is 1. The van der Waals surface area contributed by atoms with Gasteiger partial charge in [0.25, 0.3) is 5.91 Å². The maximum Gasteiger partial charge on any atom is 0.253 e. The van der Waals surface area contributed by atoms with E-state index in [1.165, 1.54) is 0 Å². The van der Waals surface area contributed by atoms with Gasteiger partial charge in [0.1, 0.15) is 0 Å². The largest absolute Gasteiger partial charge is 0.378 e. The van der Waals surface area contributed by atoms with Crippen LogP contribution in [0.5, 0.6) is 0 Å². The van der Waals surface area contributed by atoms with Gasteiger partial charge in [0.05, 0.1) is 23.0 Å². The Morgan fingerprint density at radius 2 is 2.05 bits per heavy atom. The number of hydrogen-bond donors (Lipinski definition) is 0. The highest BCUT2D eigenvalue weighted by molar-refractivity contribution is 5.97. The molecule has 1 aromatic heterocycles. The van der Waals surface area contributed by atoms with Crippen molar-refractivity contribution in [2.45, 2.75) is 25.4 Å². The van der Waals surface area contributed by atoms with Crippen LogP contribution in [-0.4, -0.2) is 46.2 Å². The molecular formula is C16H21N3O2. The van der Waals surface area contributed by atoms with E-state index in [4.69, 9.17) is 4.74 Å². The number of hydrogen-bond acceptors (Lipinski definition) is 3. The second-order valence-corrected chi connectivity index (χ2v) is 6.01. The summed E-state index contributed by atoms with van der Waals surface area (Å²) >= 11 is 0. The van der Waals surface area contributed by atoms with Crippen molar-refractivity contribution >= 4 is 16.9 Å². The smallest absolute Gasteiger partial charge is 0.253 e. The molecule has 0 aliphatic carbocycles. The second-order valence-electron chi connectivity index (χ2n) is 6.01. The van der Waals surface area contributed by atoms with Crippen molar-refractivity contribution in [3.05, 3.63) is 30.1 Å². The number of methoxy groups -OCH3 is 1. The second kappa shape index (κ2) is 5.15. The van der Waals surface area contributed by atoms with E-state index in [1.807, 2.05) is 34.7 Å². The van der Waals surface area contributed by atoms with E-state index in [0.29, 0.717) is 5.56 Å². The van der Waals surface area contributed by atoms with Crippen molar-refractivity contribution in [2.24, 2.45) is 7.05 Å². The monoisotopic (exact) mass is 287 g/mol. The van der Waals surface area contributed by atoms with Crippen molar-refractivity contribution in [1.29, 1.82) is 0 Å². The van der Waals surface area contributed by atoms with E-state index in [2.05, 4.69) is 11.9 Å². The van der Waals surface area contributed by atoms with Crippen molar-refractivity contribution < 1.29 is 9.53 Å². The lowest BCUT2D eigenvalue weighted by Gasteiger charge is -2.38. The molecule has 1 saturated heterocycles. The molecule has 5 nitrogen and oxygen atoms in total. The first-order valence-electron chi connectivity index (χ1n) is 7.28. The molecule has 5 heteroatoms. The van der Waals surface area contributed by atoms with Gasteiger partial charge in [0.15, 0.2) is 0 Å².